The smallest absolute Gasteiger partial charge is 0.234 e. The first-order chi connectivity index (χ1) is 11.0. The van der Waals surface area contributed by atoms with E-state index in [1.54, 1.807) is 13.2 Å². The van der Waals surface area contributed by atoms with Crippen molar-refractivity contribution in [1.29, 1.82) is 0 Å². The molecule has 0 aliphatic carbocycles. The largest absolute Gasteiger partial charge is 0.495 e. The summed E-state index contributed by atoms with van der Waals surface area (Å²) in [4.78, 5) is 12.1. The van der Waals surface area contributed by atoms with Gasteiger partial charge >= 0.3 is 0 Å². The second-order valence-electron chi connectivity index (χ2n) is 4.97. The van der Waals surface area contributed by atoms with Crippen LogP contribution in [0.25, 0.3) is 0 Å². The highest BCUT2D eigenvalue weighted by Gasteiger charge is 2.10. The third kappa shape index (κ3) is 5.34. The lowest BCUT2D eigenvalue weighted by atomic mass is 10.2. The van der Waals surface area contributed by atoms with E-state index in [4.69, 9.17) is 27.9 Å². The summed E-state index contributed by atoms with van der Waals surface area (Å²) in [6.07, 6.45) is 0. The van der Waals surface area contributed by atoms with Crippen molar-refractivity contribution in [2.24, 2.45) is 0 Å². The highest BCUT2D eigenvalue weighted by Crippen LogP contribution is 2.31. The second-order valence-corrected chi connectivity index (χ2v) is 6.80. The van der Waals surface area contributed by atoms with Crippen LogP contribution < -0.4 is 10.1 Å². The fourth-order valence-electron chi connectivity index (χ4n) is 1.96. The molecule has 0 aliphatic heterocycles. The quantitative estimate of drug-likeness (QED) is 0.761. The van der Waals surface area contributed by atoms with Crippen LogP contribution in [0.3, 0.4) is 0 Å². The minimum Gasteiger partial charge on any atom is -0.495 e. The fraction of sp³-hybridized carbons (Fsp3) is 0.235. The Morgan fingerprint density at radius 2 is 1.91 bits per heavy atom. The van der Waals surface area contributed by atoms with Gasteiger partial charge in [-0.15, -0.1) is 11.8 Å². The number of amides is 1. The van der Waals surface area contributed by atoms with Crippen LogP contribution in [0.1, 0.15) is 11.1 Å². The zero-order valence-electron chi connectivity index (χ0n) is 12.9. The molecule has 0 aromatic heterocycles. The lowest BCUT2D eigenvalue weighted by Gasteiger charge is -2.12. The first kappa shape index (κ1) is 18.0. The number of halogens is 2. The normalized spacial score (nSPS) is 10.4. The Labute approximate surface area is 150 Å². The van der Waals surface area contributed by atoms with Crippen LogP contribution in [-0.4, -0.2) is 18.8 Å². The summed E-state index contributed by atoms with van der Waals surface area (Å²) in [7, 11) is 1.55. The van der Waals surface area contributed by atoms with Crippen molar-refractivity contribution >= 4 is 46.6 Å². The molecule has 0 fully saturated rings. The maximum Gasteiger partial charge on any atom is 0.234 e. The van der Waals surface area contributed by atoms with E-state index in [0.717, 1.165) is 16.9 Å². The molecule has 0 aliphatic rings. The van der Waals surface area contributed by atoms with Gasteiger partial charge in [-0.25, -0.2) is 0 Å². The Morgan fingerprint density at radius 3 is 2.57 bits per heavy atom. The molecule has 0 atom stereocenters. The van der Waals surface area contributed by atoms with Crippen LogP contribution in [-0.2, 0) is 10.5 Å². The molecule has 6 heteroatoms. The molecule has 2 aromatic carbocycles. The molecule has 0 saturated carbocycles. The molecule has 2 aromatic rings. The molecular formula is C17H17Cl2NO2S. The Bertz CT molecular complexity index is 690. The molecular weight excluding hydrogens is 353 g/mol. The van der Waals surface area contributed by atoms with Crippen LogP contribution in [0.15, 0.2) is 36.4 Å². The second kappa shape index (κ2) is 8.48. The predicted molar refractivity (Wildman–Crippen MR) is 99.0 cm³/mol. The minimum atomic E-state index is -0.0796. The van der Waals surface area contributed by atoms with E-state index in [9.17, 15) is 4.79 Å². The van der Waals surface area contributed by atoms with E-state index < -0.39 is 0 Å². The van der Waals surface area contributed by atoms with Crippen molar-refractivity contribution in [3.8, 4) is 5.75 Å². The summed E-state index contributed by atoms with van der Waals surface area (Å²) in [5.41, 5.74) is 2.65. The maximum absolute atomic E-state index is 12.1. The fourth-order valence-corrected chi connectivity index (χ4v) is 3.03. The topological polar surface area (TPSA) is 38.3 Å². The molecule has 2 rings (SSSR count). The standard InChI is InChI=1S/C17H17Cl2NO2S/c1-11-7-15(16(22-2)8-14(11)19)20-17(21)10-23-9-12-3-5-13(18)6-4-12/h3-8H,9-10H2,1-2H3,(H,20,21). The summed E-state index contributed by atoms with van der Waals surface area (Å²) in [6.45, 7) is 1.88. The first-order valence-corrected chi connectivity index (χ1v) is 8.87. The Hall–Kier alpha value is -1.36. The number of aryl methyl sites for hydroxylation is 1. The lowest BCUT2D eigenvalue weighted by molar-refractivity contribution is -0.113. The van der Waals surface area contributed by atoms with Gasteiger partial charge in [-0.05, 0) is 36.2 Å². The van der Waals surface area contributed by atoms with Crippen molar-refractivity contribution in [2.45, 2.75) is 12.7 Å². The molecule has 0 heterocycles. The van der Waals surface area contributed by atoms with Crippen LogP contribution in [0.2, 0.25) is 10.0 Å². The number of rotatable bonds is 6. The summed E-state index contributed by atoms with van der Waals surface area (Å²) in [5.74, 6) is 1.58. The first-order valence-electron chi connectivity index (χ1n) is 6.95. The molecule has 0 saturated heterocycles. The van der Waals surface area contributed by atoms with Gasteiger partial charge in [0.15, 0.2) is 0 Å². The van der Waals surface area contributed by atoms with E-state index in [0.29, 0.717) is 27.2 Å². The molecule has 1 amide bonds. The Morgan fingerprint density at radius 1 is 1.22 bits per heavy atom. The molecule has 0 spiro atoms. The molecule has 1 N–H and O–H groups in total. The predicted octanol–water partition coefficient (Wildman–Crippen LogP) is 5.18. The zero-order valence-corrected chi connectivity index (χ0v) is 15.2. The number of methoxy groups -OCH3 is 1. The number of nitrogens with one attached hydrogen (secondary N) is 1. The third-order valence-corrected chi connectivity index (χ3v) is 4.83. The van der Waals surface area contributed by atoms with Crippen LogP contribution >= 0.6 is 35.0 Å². The van der Waals surface area contributed by atoms with Gasteiger partial charge in [0.1, 0.15) is 5.75 Å². The van der Waals surface area contributed by atoms with E-state index in [1.165, 1.54) is 11.8 Å². The van der Waals surface area contributed by atoms with Crippen LogP contribution in [0.4, 0.5) is 5.69 Å². The van der Waals surface area contributed by atoms with Gasteiger partial charge in [0.05, 0.1) is 18.6 Å². The number of benzene rings is 2. The number of hydrogen-bond donors (Lipinski definition) is 1. The lowest BCUT2D eigenvalue weighted by Crippen LogP contribution is -2.15. The monoisotopic (exact) mass is 369 g/mol. The number of hydrogen-bond acceptors (Lipinski definition) is 3. The van der Waals surface area contributed by atoms with E-state index in [2.05, 4.69) is 5.32 Å². The summed E-state index contributed by atoms with van der Waals surface area (Å²) in [5, 5.41) is 4.18. The van der Waals surface area contributed by atoms with Gasteiger partial charge in [0, 0.05) is 21.9 Å². The number of ether oxygens (including phenoxy) is 1. The van der Waals surface area contributed by atoms with Gasteiger partial charge < -0.3 is 10.1 Å². The van der Waals surface area contributed by atoms with Gasteiger partial charge in [0.2, 0.25) is 5.91 Å². The van der Waals surface area contributed by atoms with Crippen molar-refractivity contribution < 1.29 is 9.53 Å². The van der Waals surface area contributed by atoms with Crippen LogP contribution in [0.5, 0.6) is 5.75 Å². The number of thioether (sulfide) groups is 1. The van der Waals surface area contributed by atoms with E-state index >= 15 is 0 Å². The van der Waals surface area contributed by atoms with Crippen molar-refractivity contribution in [1.82, 2.24) is 0 Å². The molecule has 23 heavy (non-hydrogen) atoms. The molecule has 3 nitrogen and oxygen atoms in total. The average molecular weight is 370 g/mol. The highest BCUT2D eigenvalue weighted by molar-refractivity contribution is 7.99. The summed E-state index contributed by atoms with van der Waals surface area (Å²) >= 11 is 13.4. The highest BCUT2D eigenvalue weighted by atomic mass is 35.5. The Balaban J connectivity index is 1.89. The van der Waals surface area contributed by atoms with Crippen LogP contribution in [0, 0.1) is 6.92 Å². The molecule has 122 valence electrons. The SMILES string of the molecule is COc1cc(Cl)c(C)cc1NC(=O)CSCc1ccc(Cl)cc1. The maximum atomic E-state index is 12.1. The summed E-state index contributed by atoms with van der Waals surface area (Å²) in [6, 6.07) is 11.1. The van der Waals surface area contributed by atoms with Gasteiger partial charge in [0.25, 0.3) is 0 Å². The van der Waals surface area contributed by atoms with E-state index in [1.807, 2.05) is 37.3 Å². The van der Waals surface area contributed by atoms with Gasteiger partial charge in [-0.3, -0.25) is 4.79 Å². The van der Waals surface area contributed by atoms with Gasteiger partial charge in [-0.2, -0.15) is 0 Å². The number of anilines is 1. The number of carbonyl (C=O) groups is 1. The Kier molecular flexibility index (Phi) is 6.63. The third-order valence-electron chi connectivity index (χ3n) is 3.17. The number of carbonyl (C=O) groups excluding carboxylic acids is 1. The molecule has 0 unspecified atom stereocenters. The zero-order chi connectivity index (χ0) is 16.8. The molecule has 0 bridgehead atoms. The van der Waals surface area contributed by atoms with Gasteiger partial charge in [-0.1, -0.05) is 35.3 Å². The molecule has 0 radical (unpaired) electrons. The van der Waals surface area contributed by atoms with E-state index in [-0.39, 0.29) is 5.91 Å². The van der Waals surface area contributed by atoms with Crippen molar-refractivity contribution in [3.63, 3.8) is 0 Å². The van der Waals surface area contributed by atoms with Crippen molar-refractivity contribution in [2.75, 3.05) is 18.2 Å². The average Bonchev–Trinajstić information content (AvgIpc) is 2.52. The van der Waals surface area contributed by atoms with Crippen molar-refractivity contribution in [3.05, 3.63) is 57.6 Å². The minimum absolute atomic E-state index is 0.0796. The summed E-state index contributed by atoms with van der Waals surface area (Å²) < 4.78 is 5.25.